The maximum atomic E-state index is 1.61. The van der Waals surface area contributed by atoms with Gasteiger partial charge in [-0.3, -0.25) is 0 Å². The van der Waals surface area contributed by atoms with Crippen molar-refractivity contribution in [1.29, 1.82) is 0 Å². The molecule has 0 spiro atoms. The maximum Gasteiger partial charge on any atom is 0.373 e. The summed E-state index contributed by atoms with van der Waals surface area (Å²) in [6, 6.07) is 0. The molecule has 0 atom stereocenters. The number of hydrogen-bond donors (Lipinski definition) is 0. The van der Waals surface area contributed by atoms with Gasteiger partial charge in [-0.15, -0.1) is 8.09 Å². The summed E-state index contributed by atoms with van der Waals surface area (Å²) in [7, 11) is 0. The van der Waals surface area contributed by atoms with Crippen LogP contribution in [-0.2, 0) is 0 Å². The van der Waals surface area contributed by atoms with Crippen LogP contribution in [0.2, 0.25) is 8.09 Å². The van der Waals surface area contributed by atoms with Gasteiger partial charge in [-0.1, -0.05) is 64.2 Å². The minimum absolute atomic E-state index is 0.320. The SMILES string of the molecule is C1CC[CH]([Mg][CH]2CCCCC2)CC1. The standard InChI is InChI=1S/2C6H11.Mg/c2*1-2-4-6-5-3-1;/h2*1H,2-6H2;. The highest BCUT2D eigenvalue weighted by molar-refractivity contribution is 6.39. The summed E-state index contributed by atoms with van der Waals surface area (Å²) in [4.78, 5) is 0. The third kappa shape index (κ3) is 3.43. The second-order valence-corrected chi connectivity index (χ2v) is 8.02. The zero-order valence-corrected chi connectivity index (χ0v) is 10.3. The van der Waals surface area contributed by atoms with Gasteiger partial charge in [0.05, 0.1) is 0 Å². The van der Waals surface area contributed by atoms with Crippen LogP contribution >= 0.6 is 0 Å². The lowest BCUT2D eigenvalue weighted by molar-refractivity contribution is 0.470. The topological polar surface area (TPSA) is 0 Å². The van der Waals surface area contributed by atoms with Crippen molar-refractivity contribution in [2.24, 2.45) is 0 Å². The summed E-state index contributed by atoms with van der Waals surface area (Å²) >= 11 is 0.320. The molecule has 0 N–H and O–H groups in total. The van der Waals surface area contributed by atoms with E-state index in [4.69, 9.17) is 0 Å². The monoisotopic (exact) mass is 190 g/mol. The first-order chi connectivity index (χ1) is 6.45. The van der Waals surface area contributed by atoms with E-state index in [2.05, 4.69) is 0 Å². The Labute approximate surface area is 92.6 Å². The molecule has 0 aromatic carbocycles. The molecule has 0 heterocycles. The van der Waals surface area contributed by atoms with E-state index in [1.54, 1.807) is 51.4 Å². The summed E-state index contributed by atoms with van der Waals surface area (Å²) in [6.07, 6.45) is 15.8. The summed E-state index contributed by atoms with van der Waals surface area (Å²) in [5.41, 5.74) is 0. The molecule has 0 bridgehead atoms. The molecule has 0 aliphatic heterocycles. The van der Waals surface area contributed by atoms with E-state index in [0.717, 1.165) is 0 Å². The van der Waals surface area contributed by atoms with E-state index in [9.17, 15) is 0 Å². The molecule has 0 amide bonds. The third-order valence-corrected chi connectivity index (χ3v) is 7.08. The van der Waals surface area contributed by atoms with Crippen molar-refractivity contribution in [2.45, 2.75) is 72.3 Å². The average molecular weight is 191 g/mol. The molecule has 0 aromatic rings. The smallest absolute Gasteiger partial charge is 0.134 e. The minimum Gasteiger partial charge on any atom is -0.134 e. The predicted molar refractivity (Wildman–Crippen MR) is 59.4 cm³/mol. The van der Waals surface area contributed by atoms with Gasteiger partial charge in [-0.2, -0.15) is 0 Å². The van der Waals surface area contributed by atoms with Gasteiger partial charge in [-0.05, 0) is 0 Å². The zero-order chi connectivity index (χ0) is 8.93. The van der Waals surface area contributed by atoms with E-state index >= 15 is 0 Å². The molecule has 2 aliphatic rings. The van der Waals surface area contributed by atoms with Crippen LogP contribution in [0, 0.1) is 0 Å². The molecule has 1 heteroatoms. The van der Waals surface area contributed by atoms with Crippen LogP contribution in [0.3, 0.4) is 0 Å². The summed E-state index contributed by atoms with van der Waals surface area (Å²) < 4.78 is 2.52. The summed E-state index contributed by atoms with van der Waals surface area (Å²) in [5, 5.41) is 0. The number of rotatable bonds is 2. The van der Waals surface area contributed by atoms with Crippen molar-refractivity contribution in [1.82, 2.24) is 0 Å². The largest absolute Gasteiger partial charge is 0.373 e. The van der Waals surface area contributed by atoms with Crippen molar-refractivity contribution in [3.63, 3.8) is 0 Å². The van der Waals surface area contributed by atoms with Crippen molar-refractivity contribution >= 4 is 20.4 Å². The first-order valence-electron chi connectivity index (χ1n) is 6.45. The molecule has 72 valence electrons. The Morgan fingerprint density at radius 2 is 0.923 bits per heavy atom. The molecular formula is C12H22Mg. The highest BCUT2D eigenvalue weighted by Gasteiger charge is 2.23. The van der Waals surface area contributed by atoms with Gasteiger partial charge in [0.2, 0.25) is 0 Å². The second kappa shape index (κ2) is 5.60. The van der Waals surface area contributed by atoms with E-state index in [-0.39, 0.29) is 0 Å². The second-order valence-electron chi connectivity index (χ2n) is 5.24. The van der Waals surface area contributed by atoms with E-state index < -0.39 is 0 Å². The van der Waals surface area contributed by atoms with Gasteiger partial charge in [0.1, 0.15) is 0 Å². The van der Waals surface area contributed by atoms with Crippen LogP contribution in [0.5, 0.6) is 0 Å². The molecule has 0 radical (unpaired) electrons. The molecular weight excluding hydrogens is 168 g/mol. The Kier molecular flexibility index (Phi) is 4.43. The molecule has 0 aromatic heterocycles. The van der Waals surface area contributed by atoms with Crippen LogP contribution in [0.1, 0.15) is 64.2 Å². The van der Waals surface area contributed by atoms with Crippen molar-refractivity contribution < 1.29 is 0 Å². The van der Waals surface area contributed by atoms with Gasteiger partial charge in [0.25, 0.3) is 0 Å². The Balaban J connectivity index is 1.69. The quantitative estimate of drug-likeness (QED) is 0.573. The first-order valence-corrected chi connectivity index (χ1v) is 8.08. The molecule has 0 unspecified atom stereocenters. The normalized spacial score (nSPS) is 27.1. The van der Waals surface area contributed by atoms with Crippen molar-refractivity contribution in [3.05, 3.63) is 0 Å². The molecule has 0 saturated heterocycles. The average Bonchev–Trinajstić information content (AvgIpc) is 2.21. The molecule has 2 aliphatic carbocycles. The number of hydrogen-bond acceptors (Lipinski definition) is 0. The fourth-order valence-corrected chi connectivity index (χ4v) is 6.36. The van der Waals surface area contributed by atoms with Crippen molar-refractivity contribution in [3.8, 4) is 0 Å². The van der Waals surface area contributed by atoms with Crippen LogP contribution in [0.4, 0.5) is 0 Å². The van der Waals surface area contributed by atoms with Gasteiger partial charge >= 0.3 is 20.4 Å². The van der Waals surface area contributed by atoms with Crippen LogP contribution in [0.25, 0.3) is 0 Å². The fourth-order valence-electron chi connectivity index (χ4n) is 3.32. The van der Waals surface area contributed by atoms with Gasteiger partial charge in [0.15, 0.2) is 0 Å². The zero-order valence-electron chi connectivity index (χ0n) is 8.93. The van der Waals surface area contributed by atoms with E-state index in [1.165, 1.54) is 20.9 Å². The lowest BCUT2D eigenvalue weighted by Crippen LogP contribution is -2.16. The van der Waals surface area contributed by atoms with Crippen LogP contribution in [0.15, 0.2) is 0 Å². The highest BCUT2D eigenvalue weighted by Crippen LogP contribution is 2.36. The maximum absolute atomic E-state index is 1.61. The Morgan fingerprint density at radius 1 is 0.538 bits per heavy atom. The van der Waals surface area contributed by atoms with Gasteiger partial charge in [0, 0.05) is 0 Å². The third-order valence-electron chi connectivity index (χ3n) is 4.12. The fraction of sp³-hybridized carbons (Fsp3) is 1.00. The molecule has 2 rings (SSSR count). The molecule has 13 heavy (non-hydrogen) atoms. The molecule has 2 saturated carbocycles. The van der Waals surface area contributed by atoms with Gasteiger partial charge in [-0.25, -0.2) is 0 Å². The van der Waals surface area contributed by atoms with Gasteiger partial charge < -0.3 is 0 Å². The lowest BCUT2D eigenvalue weighted by Gasteiger charge is -2.27. The highest BCUT2D eigenvalue weighted by atomic mass is 24.5. The molecule has 0 nitrogen and oxygen atoms in total. The van der Waals surface area contributed by atoms with E-state index in [1.807, 2.05) is 0 Å². The predicted octanol–water partition coefficient (Wildman–Crippen LogP) is 4.20. The Morgan fingerprint density at radius 3 is 1.31 bits per heavy atom. The lowest BCUT2D eigenvalue weighted by atomic mass is 9.99. The van der Waals surface area contributed by atoms with Crippen LogP contribution < -0.4 is 0 Å². The Hall–Kier alpha value is 0.766. The Bertz CT molecular complexity index is 116. The molecule has 2 fully saturated rings. The van der Waals surface area contributed by atoms with Crippen molar-refractivity contribution in [2.75, 3.05) is 0 Å². The summed E-state index contributed by atoms with van der Waals surface area (Å²) in [6.45, 7) is 0. The van der Waals surface area contributed by atoms with Crippen LogP contribution in [-0.4, -0.2) is 20.4 Å². The first kappa shape index (κ1) is 10.3. The summed E-state index contributed by atoms with van der Waals surface area (Å²) in [5.74, 6) is 0. The van der Waals surface area contributed by atoms with E-state index in [0.29, 0.717) is 20.4 Å². The minimum atomic E-state index is 0.320.